The van der Waals surface area contributed by atoms with Crippen molar-refractivity contribution in [2.24, 2.45) is 0 Å². The number of unbranched alkanes of at least 4 members (excludes halogenated alkanes) is 3. The van der Waals surface area contributed by atoms with Crippen LogP contribution in [0.15, 0.2) is 0 Å². The monoisotopic (exact) mass is 230 g/mol. The van der Waals surface area contributed by atoms with Crippen molar-refractivity contribution in [1.29, 1.82) is 0 Å². The molecule has 4 nitrogen and oxygen atoms in total. The SMILES string of the molecule is CCCCCC[C@@H]1OC[C@H](COC(C)=O)O1. The third-order valence-corrected chi connectivity index (χ3v) is 2.58. The Morgan fingerprint density at radius 2 is 2.19 bits per heavy atom. The minimum atomic E-state index is -0.269. The van der Waals surface area contributed by atoms with E-state index in [9.17, 15) is 4.79 Å². The molecule has 1 aliphatic rings. The lowest BCUT2D eigenvalue weighted by Crippen LogP contribution is -2.20. The molecule has 1 rings (SSSR count). The molecule has 0 aromatic rings. The van der Waals surface area contributed by atoms with Crippen molar-refractivity contribution in [1.82, 2.24) is 0 Å². The molecule has 0 bridgehead atoms. The molecule has 1 aliphatic heterocycles. The Kier molecular flexibility index (Phi) is 6.42. The Hall–Kier alpha value is -0.610. The molecule has 4 heteroatoms. The van der Waals surface area contributed by atoms with E-state index in [1.54, 1.807) is 0 Å². The molecule has 0 N–H and O–H groups in total. The fourth-order valence-corrected chi connectivity index (χ4v) is 1.69. The van der Waals surface area contributed by atoms with Crippen LogP contribution in [0.2, 0.25) is 0 Å². The van der Waals surface area contributed by atoms with Crippen molar-refractivity contribution in [3.8, 4) is 0 Å². The number of rotatable bonds is 7. The molecular formula is C12H22O4. The molecular weight excluding hydrogens is 208 g/mol. The minimum absolute atomic E-state index is 0.0833. The van der Waals surface area contributed by atoms with E-state index in [0.717, 1.165) is 12.8 Å². The van der Waals surface area contributed by atoms with E-state index in [1.165, 1.54) is 26.2 Å². The lowest BCUT2D eigenvalue weighted by molar-refractivity contribution is -0.145. The van der Waals surface area contributed by atoms with Gasteiger partial charge in [0.2, 0.25) is 0 Å². The third-order valence-electron chi connectivity index (χ3n) is 2.58. The van der Waals surface area contributed by atoms with E-state index in [4.69, 9.17) is 14.2 Å². The molecule has 0 unspecified atom stereocenters. The van der Waals surface area contributed by atoms with Crippen LogP contribution in [0.25, 0.3) is 0 Å². The molecule has 94 valence electrons. The van der Waals surface area contributed by atoms with E-state index < -0.39 is 0 Å². The standard InChI is InChI=1S/C12H22O4/c1-3-4-5-6-7-12-15-9-11(16-12)8-14-10(2)13/h11-12H,3-9H2,1-2H3/t11-,12+/m0/s1. The van der Waals surface area contributed by atoms with Crippen molar-refractivity contribution in [3.63, 3.8) is 0 Å². The average molecular weight is 230 g/mol. The molecule has 1 heterocycles. The summed E-state index contributed by atoms with van der Waals surface area (Å²) in [7, 11) is 0. The van der Waals surface area contributed by atoms with Gasteiger partial charge in [0.25, 0.3) is 0 Å². The zero-order valence-electron chi connectivity index (χ0n) is 10.2. The fraction of sp³-hybridized carbons (Fsp3) is 0.917. The normalized spacial score (nSPS) is 24.6. The fourth-order valence-electron chi connectivity index (χ4n) is 1.69. The number of carbonyl (C=O) groups excluding carboxylic acids is 1. The van der Waals surface area contributed by atoms with Crippen LogP contribution in [0.4, 0.5) is 0 Å². The van der Waals surface area contributed by atoms with E-state index in [1.807, 2.05) is 0 Å². The molecule has 1 fully saturated rings. The Morgan fingerprint density at radius 1 is 1.38 bits per heavy atom. The van der Waals surface area contributed by atoms with Gasteiger partial charge >= 0.3 is 5.97 Å². The quantitative estimate of drug-likeness (QED) is 0.497. The Bertz CT molecular complexity index is 205. The van der Waals surface area contributed by atoms with Crippen LogP contribution >= 0.6 is 0 Å². The van der Waals surface area contributed by atoms with Gasteiger partial charge in [0.15, 0.2) is 6.29 Å². The smallest absolute Gasteiger partial charge is 0.302 e. The van der Waals surface area contributed by atoms with Gasteiger partial charge in [-0.25, -0.2) is 0 Å². The van der Waals surface area contributed by atoms with Gasteiger partial charge < -0.3 is 14.2 Å². The third kappa shape index (κ3) is 5.47. The summed E-state index contributed by atoms with van der Waals surface area (Å²) < 4.78 is 15.9. The number of esters is 1. The van der Waals surface area contributed by atoms with E-state index in [0.29, 0.717) is 13.2 Å². The Labute approximate surface area is 97.2 Å². The lowest BCUT2D eigenvalue weighted by atomic mass is 10.1. The van der Waals surface area contributed by atoms with Crippen LogP contribution in [0, 0.1) is 0 Å². The van der Waals surface area contributed by atoms with Crippen molar-refractivity contribution in [2.75, 3.05) is 13.2 Å². The van der Waals surface area contributed by atoms with Crippen LogP contribution < -0.4 is 0 Å². The first-order valence-electron chi connectivity index (χ1n) is 6.12. The molecule has 0 amide bonds. The van der Waals surface area contributed by atoms with Crippen LogP contribution in [-0.4, -0.2) is 31.6 Å². The summed E-state index contributed by atoms with van der Waals surface area (Å²) in [6.07, 6.45) is 5.63. The number of hydrogen-bond acceptors (Lipinski definition) is 4. The van der Waals surface area contributed by atoms with Crippen LogP contribution in [-0.2, 0) is 19.0 Å². The predicted molar refractivity (Wildman–Crippen MR) is 60.0 cm³/mol. The highest BCUT2D eigenvalue weighted by Gasteiger charge is 2.26. The molecule has 0 radical (unpaired) electrons. The zero-order chi connectivity index (χ0) is 11.8. The first-order valence-corrected chi connectivity index (χ1v) is 6.12. The van der Waals surface area contributed by atoms with Gasteiger partial charge in [0.1, 0.15) is 12.7 Å². The van der Waals surface area contributed by atoms with E-state index in [2.05, 4.69) is 6.92 Å². The predicted octanol–water partition coefficient (Wildman–Crippen LogP) is 2.26. The van der Waals surface area contributed by atoms with Gasteiger partial charge in [-0.15, -0.1) is 0 Å². The largest absolute Gasteiger partial charge is 0.463 e. The summed E-state index contributed by atoms with van der Waals surface area (Å²) in [5, 5.41) is 0. The van der Waals surface area contributed by atoms with Crippen LogP contribution in [0.5, 0.6) is 0 Å². The zero-order valence-corrected chi connectivity index (χ0v) is 10.2. The topological polar surface area (TPSA) is 44.8 Å². The number of hydrogen-bond donors (Lipinski definition) is 0. The summed E-state index contributed by atoms with van der Waals surface area (Å²) in [6, 6.07) is 0. The molecule has 2 atom stereocenters. The molecule has 1 saturated heterocycles. The molecule has 0 aliphatic carbocycles. The van der Waals surface area contributed by atoms with Crippen molar-refractivity contribution < 1.29 is 19.0 Å². The first kappa shape index (κ1) is 13.5. The van der Waals surface area contributed by atoms with Gasteiger partial charge in [-0.1, -0.05) is 26.2 Å². The molecule has 0 saturated carbocycles. The second-order valence-corrected chi connectivity index (χ2v) is 4.17. The highest BCUT2D eigenvalue weighted by molar-refractivity contribution is 5.65. The van der Waals surface area contributed by atoms with Gasteiger partial charge in [0, 0.05) is 6.92 Å². The van der Waals surface area contributed by atoms with Crippen molar-refractivity contribution in [2.45, 2.75) is 58.3 Å². The molecule has 0 aromatic carbocycles. The van der Waals surface area contributed by atoms with Crippen LogP contribution in [0.1, 0.15) is 46.0 Å². The summed E-state index contributed by atoms with van der Waals surface area (Å²) in [6.45, 7) is 4.43. The van der Waals surface area contributed by atoms with Gasteiger partial charge in [0.05, 0.1) is 6.61 Å². The highest BCUT2D eigenvalue weighted by Crippen LogP contribution is 2.17. The average Bonchev–Trinajstić information content (AvgIpc) is 2.70. The molecule has 0 spiro atoms. The summed E-state index contributed by atoms with van der Waals surface area (Å²) in [4.78, 5) is 10.6. The summed E-state index contributed by atoms with van der Waals surface area (Å²) in [5.74, 6) is -0.269. The van der Waals surface area contributed by atoms with Gasteiger partial charge in [-0.05, 0) is 12.8 Å². The Morgan fingerprint density at radius 3 is 2.88 bits per heavy atom. The maximum atomic E-state index is 10.6. The number of ether oxygens (including phenoxy) is 3. The second kappa shape index (κ2) is 7.63. The molecule has 0 aromatic heterocycles. The van der Waals surface area contributed by atoms with Gasteiger partial charge in [-0.2, -0.15) is 0 Å². The van der Waals surface area contributed by atoms with Crippen molar-refractivity contribution >= 4 is 5.97 Å². The Balaban J connectivity index is 2.03. The van der Waals surface area contributed by atoms with E-state index >= 15 is 0 Å². The summed E-state index contributed by atoms with van der Waals surface area (Å²) >= 11 is 0. The van der Waals surface area contributed by atoms with Crippen molar-refractivity contribution in [3.05, 3.63) is 0 Å². The number of carbonyl (C=O) groups is 1. The minimum Gasteiger partial charge on any atom is -0.463 e. The van der Waals surface area contributed by atoms with Crippen LogP contribution in [0.3, 0.4) is 0 Å². The second-order valence-electron chi connectivity index (χ2n) is 4.17. The lowest BCUT2D eigenvalue weighted by Gasteiger charge is -2.11. The first-order chi connectivity index (χ1) is 7.72. The van der Waals surface area contributed by atoms with E-state index in [-0.39, 0.29) is 18.4 Å². The maximum absolute atomic E-state index is 10.6. The molecule has 16 heavy (non-hydrogen) atoms. The summed E-state index contributed by atoms with van der Waals surface area (Å²) in [5.41, 5.74) is 0. The van der Waals surface area contributed by atoms with Gasteiger partial charge in [-0.3, -0.25) is 4.79 Å². The highest BCUT2D eigenvalue weighted by atomic mass is 16.7. The maximum Gasteiger partial charge on any atom is 0.302 e.